The molecule has 1 aromatic heterocycles. The van der Waals surface area contributed by atoms with E-state index in [9.17, 15) is 18.3 Å². The van der Waals surface area contributed by atoms with Crippen LogP contribution in [0.2, 0.25) is 0 Å². The monoisotopic (exact) mass is 388 g/mol. The summed E-state index contributed by atoms with van der Waals surface area (Å²) in [6.45, 7) is 1.62. The molecule has 0 spiro atoms. The van der Waals surface area contributed by atoms with Gasteiger partial charge in [-0.05, 0) is 49.4 Å². The van der Waals surface area contributed by atoms with Gasteiger partial charge in [-0.3, -0.25) is 9.10 Å². The number of carbonyl (C=O) groups excluding carboxylic acids is 1. The van der Waals surface area contributed by atoms with E-state index in [0.29, 0.717) is 33.8 Å². The predicted molar refractivity (Wildman–Crippen MR) is 104 cm³/mol. The van der Waals surface area contributed by atoms with Gasteiger partial charge in [-0.2, -0.15) is 0 Å². The van der Waals surface area contributed by atoms with E-state index in [-0.39, 0.29) is 5.91 Å². The van der Waals surface area contributed by atoms with E-state index in [0.717, 1.165) is 10.6 Å². The molecule has 2 aromatic carbocycles. The molecule has 27 heavy (non-hydrogen) atoms. The molecular weight excluding hydrogens is 368 g/mol. The number of aliphatic hydroxyl groups excluding tert-OH is 1. The number of rotatable bonds is 5. The number of amides is 1. The highest BCUT2D eigenvalue weighted by atomic mass is 32.2. The average molecular weight is 388 g/mol. The fourth-order valence-corrected chi connectivity index (χ4v) is 3.03. The molecule has 142 valence electrons. The number of nitrogens with one attached hydrogen (secondary N) is 2. The van der Waals surface area contributed by atoms with E-state index in [1.807, 2.05) is 0 Å². The van der Waals surface area contributed by atoms with Gasteiger partial charge >= 0.3 is 0 Å². The fraction of sp³-hybridized carbons (Fsp3) is 0.222. The molecule has 9 heteroatoms. The summed E-state index contributed by atoms with van der Waals surface area (Å²) < 4.78 is 24.3. The Morgan fingerprint density at radius 2 is 1.89 bits per heavy atom. The lowest BCUT2D eigenvalue weighted by molar-refractivity contribution is 0.102. The maximum absolute atomic E-state index is 12.4. The minimum absolute atomic E-state index is 0.321. The van der Waals surface area contributed by atoms with Crippen molar-refractivity contribution < 1.29 is 18.3 Å². The van der Waals surface area contributed by atoms with Gasteiger partial charge in [0.05, 0.1) is 23.0 Å². The molecule has 1 heterocycles. The molecule has 3 rings (SSSR count). The molecule has 8 nitrogen and oxygen atoms in total. The first-order valence-corrected chi connectivity index (χ1v) is 10.0. The van der Waals surface area contributed by atoms with E-state index < -0.39 is 16.1 Å². The quantitative estimate of drug-likeness (QED) is 0.620. The lowest BCUT2D eigenvalue weighted by Crippen LogP contribution is -2.24. The third kappa shape index (κ3) is 4.09. The van der Waals surface area contributed by atoms with Gasteiger partial charge in [0.2, 0.25) is 10.0 Å². The summed E-state index contributed by atoms with van der Waals surface area (Å²) in [5, 5.41) is 12.4. The smallest absolute Gasteiger partial charge is 0.255 e. The van der Waals surface area contributed by atoms with Crippen LogP contribution in [0.25, 0.3) is 11.0 Å². The third-order valence-corrected chi connectivity index (χ3v) is 5.35. The number of aromatic amines is 1. The standard InChI is InChI=1S/C18H20N4O4S/c1-11(23)17-20-15-9-6-13(10-16(15)21-17)19-18(24)12-4-7-14(8-5-12)22(2)27(3,25)26/h4-11,23H,1-3H3,(H,19,24)(H,20,21). The zero-order chi connectivity index (χ0) is 19.8. The molecular formula is C18H20N4O4S. The van der Waals surface area contributed by atoms with Crippen LogP contribution in [0.3, 0.4) is 0 Å². The lowest BCUT2D eigenvalue weighted by atomic mass is 10.2. The first kappa shape index (κ1) is 18.9. The minimum Gasteiger partial charge on any atom is -0.385 e. The van der Waals surface area contributed by atoms with Crippen LogP contribution in [0.1, 0.15) is 29.2 Å². The Morgan fingerprint density at radius 1 is 1.22 bits per heavy atom. The molecule has 0 aliphatic carbocycles. The van der Waals surface area contributed by atoms with Gasteiger partial charge in [0.1, 0.15) is 11.9 Å². The molecule has 1 atom stereocenters. The van der Waals surface area contributed by atoms with Gasteiger partial charge in [-0.1, -0.05) is 0 Å². The van der Waals surface area contributed by atoms with Crippen molar-refractivity contribution in [1.29, 1.82) is 0 Å². The second-order valence-electron chi connectivity index (χ2n) is 6.26. The van der Waals surface area contributed by atoms with Crippen LogP contribution in [-0.4, -0.2) is 42.7 Å². The fourth-order valence-electron chi connectivity index (χ4n) is 2.52. The molecule has 1 amide bonds. The SMILES string of the molecule is CC(O)c1nc2ccc(NC(=O)c3ccc(N(C)S(C)(=O)=O)cc3)cc2[nH]1. The average Bonchev–Trinajstić information content (AvgIpc) is 3.04. The van der Waals surface area contributed by atoms with E-state index in [1.54, 1.807) is 49.4 Å². The van der Waals surface area contributed by atoms with Crippen LogP contribution in [0, 0.1) is 0 Å². The second kappa shape index (κ2) is 7.01. The Balaban J connectivity index is 1.78. The molecule has 0 saturated carbocycles. The van der Waals surface area contributed by atoms with Crippen molar-refractivity contribution in [3.63, 3.8) is 0 Å². The Morgan fingerprint density at radius 3 is 2.48 bits per heavy atom. The van der Waals surface area contributed by atoms with Crippen LogP contribution < -0.4 is 9.62 Å². The number of aliphatic hydroxyl groups is 1. The van der Waals surface area contributed by atoms with Crippen LogP contribution in [0.4, 0.5) is 11.4 Å². The van der Waals surface area contributed by atoms with Gasteiger partial charge in [0.25, 0.3) is 5.91 Å². The number of benzene rings is 2. The summed E-state index contributed by atoms with van der Waals surface area (Å²) in [4.78, 5) is 19.7. The van der Waals surface area contributed by atoms with Gasteiger partial charge in [-0.15, -0.1) is 0 Å². The molecule has 0 aliphatic heterocycles. The minimum atomic E-state index is -3.36. The predicted octanol–water partition coefficient (Wildman–Crippen LogP) is 2.26. The molecule has 0 bridgehead atoms. The number of hydrogen-bond donors (Lipinski definition) is 3. The number of carbonyl (C=O) groups is 1. The number of H-pyrrole nitrogens is 1. The largest absolute Gasteiger partial charge is 0.385 e. The topological polar surface area (TPSA) is 115 Å². The first-order valence-electron chi connectivity index (χ1n) is 8.18. The number of aromatic nitrogens is 2. The zero-order valence-corrected chi connectivity index (χ0v) is 15.9. The van der Waals surface area contributed by atoms with Crippen molar-refractivity contribution in [3.05, 3.63) is 53.9 Å². The highest BCUT2D eigenvalue weighted by Gasteiger charge is 2.14. The molecule has 0 fully saturated rings. The van der Waals surface area contributed by atoms with E-state index >= 15 is 0 Å². The Bertz CT molecular complexity index is 1090. The van der Waals surface area contributed by atoms with Crippen LogP contribution >= 0.6 is 0 Å². The second-order valence-corrected chi connectivity index (χ2v) is 8.28. The molecule has 0 saturated heterocycles. The Hall–Kier alpha value is -2.91. The third-order valence-electron chi connectivity index (χ3n) is 4.14. The Kier molecular flexibility index (Phi) is 4.90. The molecule has 1 unspecified atom stereocenters. The van der Waals surface area contributed by atoms with Crippen molar-refractivity contribution in [2.75, 3.05) is 22.9 Å². The Labute approximate surface area is 156 Å². The normalized spacial score (nSPS) is 12.7. The van der Waals surface area contributed by atoms with Crippen molar-refractivity contribution in [3.8, 4) is 0 Å². The summed E-state index contributed by atoms with van der Waals surface area (Å²) in [5.74, 6) is 0.136. The number of fused-ring (bicyclic) bond motifs is 1. The highest BCUT2D eigenvalue weighted by Crippen LogP contribution is 2.21. The number of sulfonamides is 1. The first-order chi connectivity index (χ1) is 12.6. The summed E-state index contributed by atoms with van der Waals surface area (Å²) in [7, 11) is -1.91. The van der Waals surface area contributed by atoms with E-state index in [4.69, 9.17) is 0 Å². The van der Waals surface area contributed by atoms with Crippen LogP contribution in [0.5, 0.6) is 0 Å². The van der Waals surface area contributed by atoms with Crippen LogP contribution in [-0.2, 0) is 10.0 Å². The molecule has 3 aromatic rings. The summed E-state index contributed by atoms with van der Waals surface area (Å²) in [6, 6.07) is 11.5. The van der Waals surface area contributed by atoms with Gasteiger partial charge in [0.15, 0.2) is 0 Å². The molecule has 0 aliphatic rings. The maximum Gasteiger partial charge on any atom is 0.255 e. The van der Waals surface area contributed by atoms with Crippen molar-refractivity contribution in [1.82, 2.24) is 9.97 Å². The molecule has 0 radical (unpaired) electrons. The number of nitrogens with zero attached hydrogens (tertiary/aromatic N) is 2. The van der Waals surface area contributed by atoms with Crippen molar-refractivity contribution in [2.24, 2.45) is 0 Å². The van der Waals surface area contributed by atoms with Gasteiger partial charge in [0, 0.05) is 18.3 Å². The highest BCUT2D eigenvalue weighted by molar-refractivity contribution is 7.92. The van der Waals surface area contributed by atoms with E-state index in [2.05, 4.69) is 15.3 Å². The van der Waals surface area contributed by atoms with E-state index in [1.165, 1.54) is 7.05 Å². The van der Waals surface area contributed by atoms with Gasteiger partial charge in [-0.25, -0.2) is 13.4 Å². The maximum atomic E-state index is 12.4. The van der Waals surface area contributed by atoms with Crippen LogP contribution in [0.15, 0.2) is 42.5 Å². The lowest BCUT2D eigenvalue weighted by Gasteiger charge is -2.16. The number of imidazole rings is 1. The summed E-state index contributed by atoms with van der Waals surface area (Å²) in [5.41, 5.74) is 2.84. The number of hydrogen-bond acceptors (Lipinski definition) is 5. The van der Waals surface area contributed by atoms with Crippen molar-refractivity contribution in [2.45, 2.75) is 13.0 Å². The summed E-state index contributed by atoms with van der Waals surface area (Å²) in [6.07, 6.45) is 0.404. The van der Waals surface area contributed by atoms with Crippen molar-refractivity contribution >= 4 is 38.3 Å². The zero-order valence-electron chi connectivity index (χ0n) is 15.1. The summed E-state index contributed by atoms with van der Waals surface area (Å²) >= 11 is 0. The van der Waals surface area contributed by atoms with Gasteiger partial charge < -0.3 is 15.4 Å². The molecule has 3 N–H and O–H groups in total. The number of anilines is 2.